The van der Waals surface area contributed by atoms with Crippen molar-refractivity contribution in [1.82, 2.24) is 15.6 Å². The van der Waals surface area contributed by atoms with Gasteiger partial charge in [-0.25, -0.2) is 4.79 Å². The smallest absolute Gasteiger partial charge is 0.319 e. The number of anilines is 1. The SMILES string of the molecule is O=C(NCCc1c[nH]c2ccccc12)Nc1ccc(C(=O)NC2CCCC2)cc1. The van der Waals surface area contributed by atoms with Crippen LogP contribution < -0.4 is 16.0 Å². The molecule has 0 bridgehead atoms. The number of hydrogen-bond donors (Lipinski definition) is 4. The van der Waals surface area contributed by atoms with E-state index in [1.165, 1.54) is 23.8 Å². The summed E-state index contributed by atoms with van der Waals surface area (Å²) in [6, 6.07) is 15.2. The summed E-state index contributed by atoms with van der Waals surface area (Å²) in [5, 5.41) is 9.94. The van der Waals surface area contributed by atoms with Gasteiger partial charge in [-0.15, -0.1) is 0 Å². The number of amides is 3. The van der Waals surface area contributed by atoms with E-state index < -0.39 is 0 Å². The average molecular weight is 390 g/mol. The molecule has 4 rings (SSSR count). The fraction of sp³-hybridized carbons (Fsp3) is 0.304. The topological polar surface area (TPSA) is 86.0 Å². The minimum Gasteiger partial charge on any atom is -0.361 e. The number of benzene rings is 2. The first-order chi connectivity index (χ1) is 14.2. The van der Waals surface area contributed by atoms with Crippen LogP contribution in [0.1, 0.15) is 41.6 Å². The number of urea groups is 1. The minimum absolute atomic E-state index is 0.0494. The molecule has 2 aromatic carbocycles. The Bertz CT molecular complexity index is 988. The molecule has 1 aliphatic carbocycles. The van der Waals surface area contributed by atoms with Crippen molar-refractivity contribution in [3.63, 3.8) is 0 Å². The molecule has 1 saturated carbocycles. The third kappa shape index (κ3) is 4.77. The predicted octanol–water partition coefficient (Wildman–Crippen LogP) is 4.20. The summed E-state index contributed by atoms with van der Waals surface area (Å²) in [6.07, 6.45) is 7.22. The number of aromatic nitrogens is 1. The van der Waals surface area contributed by atoms with Crippen molar-refractivity contribution < 1.29 is 9.59 Å². The number of para-hydroxylation sites is 1. The Balaban J connectivity index is 1.24. The zero-order valence-corrected chi connectivity index (χ0v) is 16.3. The lowest BCUT2D eigenvalue weighted by molar-refractivity contribution is 0.0938. The Morgan fingerprint density at radius 1 is 1.00 bits per heavy atom. The van der Waals surface area contributed by atoms with Crippen LogP contribution in [0.2, 0.25) is 0 Å². The first-order valence-electron chi connectivity index (χ1n) is 10.2. The molecule has 0 spiro atoms. The third-order valence-electron chi connectivity index (χ3n) is 5.45. The van der Waals surface area contributed by atoms with Gasteiger partial charge >= 0.3 is 6.03 Å². The highest BCUT2D eigenvalue weighted by atomic mass is 16.2. The van der Waals surface area contributed by atoms with Crippen molar-refractivity contribution in [3.8, 4) is 0 Å². The molecular weight excluding hydrogens is 364 g/mol. The summed E-state index contributed by atoms with van der Waals surface area (Å²) in [7, 11) is 0. The summed E-state index contributed by atoms with van der Waals surface area (Å²) in [5.41, 5.74) is 3.55. The number of H-pyrrole nitrogens is 1. The second-order valence-electron chi connectivity index (χ2n) is 7.52. The van der Waals surface area contributed by atoms with Crippen LogP contribution in [0.25, 0.3) is 10.9 Å². The van der Waals surface area contributed by atoms with Gasteiger partial charge in [-0.05, 0) is 55.2 Å². The highest BCUT2D eigenvalue weighted by Gasteiger charge is 2.17. The highest BCUT2D eigenvalue weighted by Crippen LogP contribution is 2.19. The van der Waals surface area contributed by atoms with Gasteiger partial charge in [-0.2, -0.15) is 0 Å². The molecule has 4 N–H and O–H groups in total. The highest BCUT2D eigenvalue weighted by molar-refractivity contribution is 5.95. The minimum atomic E-state index is -0.256. The van der Waals surface area contributed by atoms with Crippen LogP contribution in [-0.2, 0) is 6.42 Å². The summed E-state index contributed by atoms with van der Waals surface area (Å²) in [4.78, 5) is 27.7. The number of rotatable bonds is 6. The molecule has 0 atom stereocenters. The van der Waals surface area contributed by atoms with Crippen LogP contribution in [0.3, 0.4) is 0 Å². The maximum atomic E-state index is 12.3. The molecule has 150 valence electrons. The van der Waals surface area contributed by atoms with Gasteiger partial charge in [0.15, 0.2) is 0 Å². The van der Waals surface area contributed by atoms with Crippen molar-refractivity contribution in [2.75, 3.05) is 11.9 Å². The fourth-order valence-corrected chi connectivity index (χ4v) is 3.87. The molecule has 0 aliphatic heterocycles. The Morgan fingerprint density at radius 3 is 2.55 bits per heavy atom. The first kappa shape index (κ1) is 19.1. The van der Waals surface area contributed by atoms with Gasteiger partial charge in [0.2, 0.25) is 0 Å². The number of aromatic amines is 1. The molecule has 1 aliphatic rings. The van der Waals surface area contributed by atoms with E-state index in [9.17, 15) is 9.59 Å². The molecule has 29 heavy (non-hydrogen) atoms. The lowest BCUT2D eigenvalue weighted by Crippen LogP contribution is -2.32. The van der Waals surface area contributed by atoms with Crippen molar-refractivity contribution in [3.05, 3.63) is 65.9 Å². The standard InChI is InChI=1S/C23H26N4O2/c28-22(26-18-5-1-2-6-18)16-9-11-19(12-10-16)27-23(29)24-14-13-17-15-25-21-8-4-3-7-20(17)21/h3-4,7-12,15,18,25H,1-2,5-6,13-14H2,(H,26,28)(H2,24,27,29). The fourth-order valence-electron chi connectivity index (χ4n) is 3.87. The van der Waals surface area contributed by atoms with Gasteiger partial charge < -0.3 is 20.9 Å². The molecule has 0 saturated heterocycles. The molecule has 6 nitrogen and oxygen atoms in total. The Morgan fingerprint density at radius 2 is 1.76 bits per heavy atom. The molecule has 1 fully saturated rings. The van der Waals surface area contributed by atoms with Crippen LogP contribution in [0.15, 0.2) is 54.7 Å². The molecular formula is C23H26N4O2. The Kier molecular flexibility index (Phi) is 5.79. The summed E-state index contributed by atoms with van der Waals surface area (Å²) < 4.78 is 0. The molecule has 3 amide bonds. The van der Waals surface area contributed by atoms with E-state index in [4.69, 9.17) is 0 Å². The Hall–Kier alpha value is -3.28. The molecule has 0 unspecified atom stereocenters. The van der Waals surface area contributed by atoms with Crippen molar-refractivity contribution in [2.45, 2.75) is 38.1 Å². The van der Waals surface area contributed by atoms with E-state index >= 15 is 0 Å². The number of nitrogens with one attached hydrogen (secondary N) is 4. The van der Waals surface area contributed by atoms with Crippen molar-refractivity contribution >= 4 is 28.5 Å². The molecule has 1 aromatic heterocycles. The zero-order valence-electron chi connectivity index (χ0n) is 16.3. The van der Waals surface area contributed by atoms with E-state index in [2.05, 4.69) is 27.0 Å². The quantitative estimate of drug-likeness (QED) is 0.508. The number of carbonyl (C=O) groups is 2. The summed E-state index contributed by atoms with van der Waals surface area (Å²) >= 11 is 0. The molecule has 1 heterocycles. The number of fused-ring (bicyclic) bond motifs is 1. The number of hydrogen-bond acceptors (Lipinski definition) is 2. The lowest BCUT2D eigenvalue weighted by Gasteiger charge is -2.12. The summed E-state index contributed by atoms with van der Waals surface area (Å²) in [6.45, 7) is 0.537. The third-order valence-corrected chi connectivity index (χ3v) is 5.45. The Labute approximate surface area is 170 Å². The van der Waals surface area contributed by atoms with Gasteiger partial charge in [0.25, 0.3) is 5.91 Å². The molecule has 0 radical (unpaired) electrons. The maximum absolute atomic E-state index is 12.3. The van der Waals surface area contributed by atoms with Crippen LogP contribution in [0, 0.1) is 0 Å². The second kappa shape index (κ2) is 8.82. The lowest BCUT2D eigenvalue weighted by atomic mass is 10.1. The van der Waals surface area contributed by atoms with Crippen LogP contribution >= 0.6 is 0 Å². The molecule has 6 heteroatoms. The van der Waals surface area contributed by atoms with Gasteiger partial charge in [0.05, 0.1) is 0 Å². The monoisotopic (exact) mass is 390 g/mol. The zero-order chi connectivity index (χ0) is 20.1. The summed E-state index contributed by atoms with van der Waals surface area (Å²) in [5.74, 6) is -0.0494. The van der Waals surface area contributed by atoms with E-state index in [0.29, 0.717) is 23.8 Å². The van der Waals surface area contributed by atoms with E-state index in [-0.39, 0.29) is 11.9 Å². The first-order valence-corrected chi connectivity index (χ1v) is 10.2. The maximum Gasteiger partial charge on any atom is 0.319 e. The van der Waals surface area contributed by atoms with Crippen LogP contribution in [0.5, 0.6) is 0 Å². The number of carbonyl (C=O) groups excluding carboxylic acids is 2. The average Bonchev–Trinajstić information content (AvgIpc) is 3.39. The normalized spacial score (nSPS) is 14.1. The van der Waals surface area contributed by atoms with Crippen LogP contribution in [0.4, 0.5) is 10.5 Å². The van der Waals surface area contributed by atoms with Crippen molar-refractivity contribution in [1.29, 1.82) is 0 Å². The van der Waals surface area contributed by atoms with Gasteiger partial charge in [0.1, 0.15) is 0 Å². The van der Waals surface area contributed by atoms with E-state index in [1.54, 1.807) is 24.3 Å². The van der Waals surface area contributed by atoms with Crippen molar-refractivity contribution in [2.24, 2.45) is 0 Å². The van der Waals surface area contributed by atoms with E-state index in [1.807, 2.05) is 24.4 Å². The van der Waals surface area contributed by atoms with Gasteiger partial charge in [0, 0.05) is 40.9 Å². The second-order valence-corrected chi connectivity index (χ2v) is 7.52. The van der Waals surface area contributed by atoms with E-state index in [0.717, 1.165) is 24.8 Å². The molecule has 3 aromatic rings. The van der Waals surface area contributed by atoms with Gasteiger partial charge in [-0.3, -0.25) is 4.79 Å². The van der Waals surface area contributed by atoms with Crippen LogP contribution in [-0.4, -0.2) is 29.5 Å². The predicted molar refractivity (Wildman–Crippen MR) is 115 cm³/mol. The van der Waals surface area contributed by atoms with Gasteiger partial charge in [-0.1, -0.05) is 31.0 Å². The largest absolute Gasteiger partial charge is 0.361 e.